The van der Waals surface area contributed by atoms with Crippen LogP contribution < -0.4 is 10.2 Å². The lowest BCUT2D eigenvalue weighted by atomic mass is 9.67. The molecule has 2 heterocycles. The van der Waals surface area contributed by atoms with Gasteiger partial charge in [-0.25, -0.2) is 0 Å². The van der Waals surface area contributed by atoms with Crippen molar-refractivity contribution >= 4 is 24.0 Å². The summed E-state index contributed by atoms with van der Waals surface area (Å²) in [6.45, 7) is 2.86. The molecule has 1 aromatic carbocycles. The average Bonchev–Trinajstić information content (AvgIpc) is 3.08. The zero-order valence-corrected chi connectivity index (χ0v) is 14.3. The zero-order chi connectivity index (χ0) is 14.8. The largest absolute Gasteiger partial charge is 0.315 e. The standard InChI is InChI=1S/C19H24N2O.ClH/c22-17(19-8-4-3-5-14(19)11-20-12-19)21-13-18(9-10-18)15-6-1-2-7-16(15)21;/h1-2,6-7,14,20H,3-5,8-13H2;1H/t14-,19+;/m0./s1. The van der Waals surface area contributed by atoms with Crippen LogP contribution in [-0.2, 0) is 10.2 Å². The van der Waals surface area contributed by atoms with E-state index in [1.165, 1.54) is 43.4 Å². The number of halogens is 1. The third-order valence-corrected chi connectivity index (χ3v) is 6.79. The molecule has 0 aromatic heterocycles. The lowest BCUT2D eigenvalue weighted by molar-refractivity contribution is -0.131. The van der Waals surface area contributed by atoms with Crippen LogP contribution >= 0.6 is 12.4 Å². The van der Waals surface area contributed by atoms with Crippen LogP contribution in [0.5, 0.6) is 0 Å². The van der Waals surface area contributed by atoms with E-state index in [-0.39, 0.29) is 17.8 Å². The molecule has 2 aliphatic carbocycles. The lowest BCUT2D eigenvalue weighted by Gasteiger charge is -2.40. The number of carbonyl (C=O) groups is 1. The molecular weight excluding hydrogens is 308 g/mol. The number of amides is 1. The van der Waals surface area contributed by atoms with Gasteiger partial charge in [0.15, 0.2) is 0 Å². The number of rotatable bonds is 1. The van der Waals surface area contributed by atoms with Gasteiger partial charge in [-0.2, -0.15) is 0 Å². The fraction of sp³-hybridized carbons (Fsp3) is 0.632. The number of carbonyl (C=O) groups excluding carboxylic acids is 1. The van der Waals surface area contributed by atoms with E-state index in [1.54, 1.807) is 0 Å². The van der Waals surface area contributed by atoms with E-state index in [1.807, 2.05) is 0 Å². The first-order valence-corrected chi connectivity index (χ1v) is 8.87. The average molecular weight is 333 g/mol. The maximum Gasteiger partial charge on any atom is 0.234 e. The fourth-order valence-corrected chi connectivity index (χ4v) is 5.33. The molecule has 1 saturated heterocycles. The summed E-state index contributed by atoms with van der Waals surface area (Å²) in [4.78, 5) is 15.7. The van der Waals surface area contributed by atoms with Gasteiger partial charge in [0.2, 0.25) is 5.91 Å². The Kier molecular flexibility index (Phi) is 3.51. The number of anilines is 1. The molecule has 2 saturated carbocycles. The van der Waals surface area contributed by atoms with Gasteiger partial charge in [0.05, 0.1) is 5.41 Å². The quantitative estimate of drug-likeness (QED) is 0.856. The monoisotopic (exact) mass is 332 g/mol. The highest BCUT2D eigenvalue weighted by Gasteiger charge is 2.57. The molecule has 4 heteroatoms. The molecule has 23 heavy (non-hydrogen) atoms. The molecule has 1 amide bonds. The van der Waals surface area contributed by atoms with Crippen LogP contribution in [0.15, 0.2) is 24.3 Å². The molecule has 2 atom stereocenters. The van der Waals surface area contributed by atoms with Crippen LogP contribution in [0.3, 0.4) is 0 Å². The normalized spacial score (nSPS) is 33.0. The Morgan fingerprint density at radius 2 is 2.00 bits per heavy atom. The number of para-hydroxylation sites is 1. The zero-order valence-electron chi connectivity index (χ0n) is 13.5. The van der Waals surface area contributed by atoms with Gasteiger partial charge in [0.25, 0.3) is 0 Å². The second-order valence-electron chi connectivity index (χ2n) is 7.92. The van der Waals surface area contributed by atoms with Crippen LogP contribution in [0.1, 0.15) is 44.1 Å². The van der Waals surface area contributed by atoms with Gasteiger partial charge >= 0.3 is 0 Å². The number of benzene rings is 1. The Morgan fingerprint density at radius 3 is 2.83 bits per heavy atom. The molecule has 5 rings (SSSR count). The Hall–Kier alpha value is -1.06. The Bertz CT molecular complexity index is 642. The minimum Gasteiger partial charge on any atom is -0.315 e. The van der Waals surface area contributed by atoms with Crippen LogP contribution in [0.25, 0.3) is 0 Å². The summed E-state index contributed by atoms with van der Waals surface area (Å²) in [5.74, 6) is 0.968. The molecule has 0 unspecified atom stereocenters. The van der Waals surface area contributed by atoms with Crippen molar-refractivity contribution in [2.45, 2.75) is 43.9 Å². The lowest BCUT2D eigenvalue weighted by Crippen LogP contribution is -2.50. The van der Waals surface area contributed by atoms with Gasteiger partial charge in [0, 0.05) is 24.2 Å². The summed E-state index contributed by atoms with van der Waals surface area (Å²) < 4.78 is 0. The van der Waals surface area contributed by atoms with Crippen LogP contribution in [-0.4, -0.2) is 25.5 Å². The number of nitrogens with zero attached hydrogens (tertiary/aromatic N) is 1. The number of hydrogen-bond donors (Lipinski definition) is 1. The molecule has 3 fully saturated rings. The third-order valence-electron chi connectivity index (χ3n) is 6.79. The fourth-order valence-electron chi connectivity index (χ4n) is 5.33. The van der Waals surface area contributed by atoms with E-state index in [0.717, 1.165) is 26.1 Å². The summed E-state index contributed by atoms with van der Waals surface area (Å²) in [7, 11) is 0. The molecule has 1 aromatic rings. The predicted molar refractivity (Wildman–Crippen MR) is 94.2 cm³/mol. The van der Waals surface area contributed by atoms with Gasteiger partial charge in [-0.1, -0.05) is 31.0 Å². The topological polar surface area (TPSA) is 32.3 Å². The summed E-state index contributed by atoms with van der Waals surface area (Å²) >= 11 is 0. The van der Waals surface area contributed by atoms with Gasteiger partial charge in [0.1, 0.15) is 0 Å². The van der Waals surface area contributed by atoms with Crippen molar-refractivity contribution in [2.75, 3.05) is 24.5 Å². The maximum absolute atomic E-state index is 13.6. The van der Waals surface area contributed by atoms with E-state index in [4.69, 9.17) is 0 Å². The molecule has 124 valence electrons. The SMILES string of the molecule is Cl.O=C(N1CC2(CC2)c2ccccc21)[C@@]12CCCC[C@H]1CNC2. The smallest absolute Gasteiger partial charge is 0.234 e. The highest BCUT2D eigenvalue weighted by Crippen LogP contribution is 2.57. The van der Waals surface area contributed by atoms with Crippen LogP contribution in [0.4, 0.5) is 5.69 Å². The van der Waals surface area contributed by atoms with Crippen LogP contribution in [0, 0.1) is 11.3 Å². The third kappa shape index (κ3) is 2.02. The highest BCUT2D eigenvalue weighted by molar-refractivity contribution is 6.01. The minimum atomic E-state index is -0.119. The van der Waals surface area contributed by atoms with E-state index >= 15 is 0 Å². The van der Waals surface area contributed by atoms with Gasteiger partial charge < -0.3 is 10.2 Å². The predicted octanol–water partition coefficient (Wildman–Crippen LogP) is 3.27. The van der Waals surface area contributed by atoms with Crippen molar-refractivity contribution in [1.82, 2.24) is 5.32 Å². The van der Waals surface area contributed by atoms with Crippen LogP contribution in [0.2, 0.25) is 0 Å². The first-order chi connectivity index (χ1) is 10.8. The summed E-state index contributed by atoms with van der Waals surface area (Å²) in [5.41, 5.74) is 2.82. The van der Waals surface area contributed by atoms with Crippen molar-refractivity contribution in [3.8, 4) is 0 Å². The summed E-state index contributed by atoms with van der Waals surface area (Å²) in [5, 5.41) is 3.52. The second-order valence-corrected chi connectivity index (χ2v) is 7.92. The number of nitrogens with one attached hydrogen (secondary N) is 1. The van der Waals surface area contributed by atoms with Crippen molar-refractivity contribution in [1.29, 1.82) is 0 Å². The first kappa shape index (κ1) is 15.5. The van der Waals surface area contributed by atoms with Crippen molar-refractivity contribution in [3.05, 3.63) is 29.8 Å². The van der Waals surface area contributed by atoms with E-state index < -0.39 is 0 Å². The Balaban J connectivity index is 0.00000135. The van der Waals surface area contributed by atoms with E-state index in [9.17, 15) is 4.79 Å². The number of hydrogen-bond acceptors (Lipinski definition) is 2. The molecule has 3 nitrogen and oxygen atoms in total. The minimum absolute atomic E-state index is 0. The van der Waals surface area contributed by atoms with Crippen molar-refractivity contribution in [2.24, 2.45) is 11.3 Å². The molecule has 1 spiro atoms. The summed E-state index contributed by atoms with van der Waals surface area (Å²) in [6.07, 6.45) is 7.31. The molecular formula is C19H25ClN2O. The van der Waals surface area contributed by atoms with Crippen molar-refractivity contribution in [3.63, 3.8) is 0 Å². The van der Waals surface area contributed by atoms with Gasteiger partial charge in [-0.3, -0.25) is 4.79 Å². The Morgan fingerprint density at radius 1 is 1.17 bits per heavy atom. The maximum atomic E-state index is 13.6. The second kappa shape index (κ2) is 5.22. The van der Waals surface area contributed by atoms with Crippen molar-refractivity contribution < 1.29 is 4.79 Å². The summed E-state index contributed by atoms with van der Waals surface area (Å²) in [6, 6.07) is 8.63. The molecule has 0 radical (unpaired) electrons. The number of fused-ring (bicyclic) bond motifs is 3. The molecule has 4 aliphatic rings. The van der Waals surface area contributed by atoms with Gasteiger partial charge in [-0.05, 0) is 49.8 Å². The van der Waals surface area contributed by atoms with E-state index in [2.05, 4.69) is 34.5 Å². The Labute approximate surface area is 144 Å². The van der Waals surface area contributed by atoms with E-state index in [0.29, 0.717) is 17.2 Å². The molecule has 0 bridgehead atoms. The molecule has 1 N–H and O–H groups in total. The molecule has 2 aliphatic heterocycles. The first-order valence-electron chi connectivity index (χ1n) is 8.87. The van der Waals surface area contributed by atoms with Gasteiger partial charge in [-0.15, -0.1) is 12.4 Å². The highest BCUT2D eigenvalue weighted by atomic mass is 35.5.